The van der Waals surface area contributed by atoms with Gasteiger partial charge in [0.05, 0.1) is 6.04 Å². The summed E-state index contributed by atoms with van der Waals surface area (Å²) in [6.07, 6.45) is 0.0490. The second kappa shape index (κ2) is 6.34. The van der Waals surface area contributed by atoms with Gasteiger partial charge in [0.1, 0.15) is 0 Å². The Kier molecular flexibility index (Phi) is 5.61. The lowest BCUT2D eigenvalue weighted by Gasteiger charge is -2.29. The van der Waals surface area contributed by atoms with E-state index in [2.05, 4.69) is 10.6 Å². The highest BCUT2D eigenvalue weighted by molar-refractivity contribution is 7.72. The largest absolute Gasteiger partial charge is 0.369 e. The number of aliphatic hydroxyl groups is 1. The maximum absolute atomic E-state index is 11.1. The zero-order valence-electron chi connectivity index (χ0n) is 11.3. The zero-order chi connectivity index (χ0) is 16.5. The van der Waals surface area contributed by atoms with Crippen molar-refractivity contribution in [1.82, 2.24) is 10.6 Å². The number of hydrogen-bond acceptors (Lipinski definition) is 4. The summed E-state index contributed by atoms with van der Waals surface area (Å²) in [5.74, 6) is 0. The third-order valence-electron chi connectivity index (χ3n) is 3.49. The molecule has 1 saturated heterocycles. The molecule has 21 heavy (non-hydrogen) atoms. The standard InChI is InChI=1S/C9H20N2O8P2/c1-6-7(11-8(12)10-6)4-2-3-5-9(13,20(14,15)16)21(17,18)19/h6-7,13H,2-5H2,1H3,(H2,10,11,12)(H2,14,15,16)(H2,17,18,19). The highest BCUT2D eigenvalue weighted by Gasteiger charge is 2.58. The van der Waals surface area contributed by atoms with Gasteiger partial charge in [-0.1, -0.05) is 6.42 Å². The molecule has 10 nitrogen and oxygen atoms in total. The first-order valence-electron chi connectivity index (χ1n) is 6.29. The predicted octanol–water partition coefficient (Wildman–Crippen LogP) is -0.382. The fourth-order valence-corrected chi connectivity index (χ4v) is 4.41. The molecule has 1 fully saturated rings. The molecule has 12 heteroatoms. The number of rotatable bonds is 7. The van der Waals surface area contributed by atoms with Crippen LogP contribution in [0, 0.1) is 0 Å². The third kappa shape index (κ3) is 4.26. The molecule has 0 bridgehead atoms. The van der Waals surface area contributed by atoms with Gasteiger partial charge in [-0.3, -0.25) is 9.13 Å². The van der Waals surface area contributed by atoms with Crippen LogP contribution in [0.1, 0.15) is 32.6 Å². The summed E-state index contributed by atoms with van der Waals surface area (Å²) in [7, 11) is -10.8. The van der Waals surface area contributed by atoms with Gasteiger partial charge >= 0.3 is 21.2 Å². The molecule has 0 saturated carbocycles. The summed E-state index contributed by atoms with van der Waals surface area (Å²) in [6, 6.07) is -0.593. The summed E-state index contributed by atoms with van der Waals surface area (Å²) < 4.78 is 22.3. The smallest absolute Gasteiger partial charge is 0.368 e. The van der Waals surface area contributed by atoms with Gasteiger partial charge in [-0.25, -0.2) is 4.79 Å². The molecule has 2 unspecified atom stereocenters. The summed E-state index contributed by atoms with van der Waals surface area (Å²) >= 11 is 0. The molecule has 0 aliphatic carbocycles. The number of hydrogen-bond donors (Lipinski definition) is 7. The first kappa shape index (κ1) is 18.6. The lowest BCUT2D eigenvalue weighted by Crippen LogP contribution is -2.31. The van der Waals surface area contributed by atoms with Crippen molar-refractivity contribution in [2.45, 2.75) is 49.8 Å². The fourth-order valence-electron chi connectivity index (χ4n) is 2.15. The van der Waals surface area contributed by atoms with Gasteiger partial charge in [-0.05, 0) is 26.2 Å². The van der Waals surface area contributed by atoms with Gasteiger partial charge in [-0.15, -0.1) is 0 Å². The Balaban J connectivity index is 2.55. The van der Waals surface area contributed by atoms with E-state index in [0.717, 1.165) is 0 Å². The average Bonchev–Trinajstić information content (AvgIpc) is 2.60. The highest BCUT2D eigenvalue weighted by atomic mass is 31.2. The number of nitrogens with one attached hydrogen (secondary N) is 2. The van der Waals surface area contributed by atoms with Crippen LogP contribution in [0.25, 0.3) is 0 Å². The molecule has 1 aliphatic heterocycles. The Labute approximate surface area is 121 Å². The van der Waals surface area contributed by atoms with Crippen LogP contribution in [-0.4, -0.2) is 47.9 Å². The van der Waals surface area contributed by atoms with E-state index in [1.54, 1.807) is 6.92 Å². The quantitative estimate of drug-likeness (QED) is 0.241. The van der Waals surface area contributed by atoms with Crippen LogP contribution in [0.5, 0.6) is 0 Å². The van der Waals surface area contributed by atoms with Crippen LogP contribution >= 0.6 is 15.2 Å². The van der Waals surface area contributed by atoms with Crippen molar-refractivity contribution in [3.63, 3.8) is 0 Å². The van der Waals surface area contributed by atoms with Crippen LogP contribution in [0.2, 0.25) is 0 Å². The van der Waals surface area contributed by atoms with E-state index < -0.39 is 26.7 Å². The molecular weight excluding hydrogens is 326 g/mol. The number of unbranched alkanes of at least 4 members (excludes halogenated alkanes) is 1. The second-order valence-electron chi connectivity index (χ2n) is 5.12. The molecule has 1 aliphatic rings. The van der Waals surface area contributed by atoms with E-state index in [9.17, 15) is 19.0 Å². The number of carbonyl (C=O) groups is 1. The fraction of sp³-hybridized carbons (Fsp3) is 0.889. The molecule has 0 aromatic rings. The van der Waals surface area contributed by atoms with Crippen molar-refractivity contribution in [2.24, 2.45) is 0 Å². The molecule has 1 rings (SSSR count). The molecular formula is C9H20N2O8P2. The van der Waals surface area contributed by atoms with Crippen LogP contribution in [0.4, 0.5) is 4.79 Å². The molecule has 2 amide bonds. The lowest BCUT2D eigenvalue weighted by atomic mass is 10.0. The van der Waals surface area contributed by atoms with Gasteiger partial charge in [-0.2, -0.15) is 0 Å². The normalized spacial score (nSPS) is 23.8. The number of urea groups is 1. The minimum absolute atomic E-state index is 0.00812. The Morgan fingerprint density at radius 2 is 1.62 bits per heavy atom. The first-order valence-corrected chi connectivity index (χ1v) is 9.51. The first-order chi connectivity index (χ1) is 9.38. The van der Waals surface area contributed by atoms with E-state index >= 15 is 0 Å². The molecule has 124 valence electrons. The Morgan fingerprint density at radius 3 is 2.00 bits per heavy atom. The average molecular weight is 346 g/mol. The maximum Gasteiger partial charge on any atom is 0.369 e. The van der Waals surface area contributed by atoms with Crippen molar-refractivity contribution in [1.29, 1.82) is 0 Å². The van der Waals surface area contributed by atoms with Gasteiger partial charge in [0.25, 0.3) is 5.08 Å². The second-order valence-corrected chi connectivity index (χ2v) is 9.13. The van der Waals surface area contributed by atoms with Crippen LogP contribution in [0.15, 0.2) is 0 Å². The number of carbonyl (C=O) groups excluding carboxylic acids is 1. The van der Waals surface area contributed by atoms with E-state index in [1.165, 1.54) is 0 Å². The van der Waals surface area contributed by atoms with E-state index in [1.807, 2.05) is 0 Å². The number of amides is 2. The monoisotopic (exact) mass is 346 g/mol. The molecule has 2 atom stereocenters. The zero-order valence-corrected chi connectivity index (χ0v) is 13.1. The summed E-state index contributed by atoms with van der Waals surface area (Å²) in [5.41, 5.74) is 0. The van der Waals surface area contributed by atoms with Crippen molar-refractivity contribution in [3.05, 3.63) is 0 Å². The third-order valence-corrected chi connectivity index (χ3v) is 7.37. The van der Waals surface area contributed by atoms with Crippen molar-refractivity contribution >= 4 is 21.2 Å². The highest BCUT2D eigenvalue weighted by Crippen LogP contribution is 2.69. The topological polar surface area (TPSA) is 176 Å². The SMILES string of the molecule is CC1NC(=O)NC1CCCCC(O)(P(=O)(O)O)P(=O)(O)O. The summed E-state index contributed by atoms with van der Waals surface area (Å²) in [6.45, 7) is 1.78. The van der Waals surface area contributed by atoms with Gasteiger partial charge < -0.3 is 35.3 Å². The Hall–Kier alpha value is -0.470. The maximum atomic E-state index is 11.1. The Bertz CT molecular complexity index is 464. The predicted molar refractivity (Wildman–Crippen MR) is 72.4 cm³/mol. The molecule has 0 aromatic carbocycles. The summed E-state index contributed by atoms with van der Waals surface area (Å²) in [4.78, 5) is 46.9. The molecule has 0 radical (unpaired) electrons. The van der Waals surface area contributed by atoms with Gasteiger partial charge in [0, 0.05) is 6.04 Å². The summed E-state index contributed by atoms with van der Waals surface area (Å²) in [5, 5.41) is 11.6. The van der Waals surface area contributed by atoms with E-state index in [0.29, 0.717) is 12.8 Å². The van der Waals surface area contributed by atoms with E-state index in [4.69, 9.17) is 19.6 Å². The lowest BCUT2D eigenvalue weighted by molar-refractivity contribution is 0.120. The van der Waals surface area contributed by atoms with Crippen LogP contribution in [0.3, 0.4) is 0 Å². The Morgan fingerprint density at radius 1 is 1.10 bits per heavy atom. The van der Waals surface area contributed by atoms with Crippen molar-refractivity contribution in [2.75, 3.05) is 0 Å². The minimum Gasteiger partial charge on any atom is -0.368 e. The van der Waals surface area contributed by atoms with Crippen molar-refractivity contribution < 1.29 is 38.6 Å². The molecule has 1 heterocycles. The van der Waals surface area contributed by atoms with E-state index in [-0.39, 0.29) is 24.5 Å². The minimum atomic E-state index is -5.39. The van der Waals surface area contributed by atoms with Crippen LogP contribution in [-0.2, 0) is 9.13 Å². The van der Waals surface area contributed by atoms with Crippen molar-refractivity contribution in [3.8, 4) is 0 Å². The van der Waals surface area contributed by atoms with Gasteiger partial charge in [0.2, 0.25) is 0 Å². The van der Waals surface area contributed by atoms with Crippen LogP contribution < -0.4 is 10.6 Å². The van der Waals surface area contributed by atoms with Gasteiger partial charge in [0.15, 0.2) is 0 Å². The molecule has 7 N–H and O–H groups in total. The molecule has 0 aromatic heterocycles. The molecule has 0 spiro atoms.